The second-order valence-corrected chi connectivity index (χ2v) is 7.49. The lowest BCUT2D eigenvalue weighted by Gasteiger charge is -2.20. The molecule has 1 aliphatic heterocycles. The molecule has 2 aliphatic rings. The van der Waals surface area contributed by atoms with Gasteiger partial charge >= 0.3 is 0 Å². The summed E-state index contributed by atoms with van der Waals surface area (Å²) in [7, 11) is 0. The zero-order valence-electron chi connectivity index (χ0n) is 15.8. The van der Waals surface area contributed by atoms with Crippen molar-refractivity contribution in [1.29, 1.82) is 0 Å². The zero-order chi connectivity index (χ0) is 19.7. The summed E-state index contributed by atoms with van der Waals surface area (Å²) in [6.07, 6.45) is 2.32. The molecule has 1 aromatic carbocycles. The number of fused-ring (bicyclic) bond motifs is 1. The maximum atomic E-state index is 13.1. The summed E-state index contributed by atoms with van der Waals surface area (Å²) in [5, 5.41) is 5.90. The highest BCUT2D eigenvalue weighted by Crippen LogP contribution is 2.28. The van der Waals surface area contributed by atoms with Crippen LogP contribution in [0.2, 0.25) is 0 Å². The molecule has 0 saturated heterocycles. The molecule has 2 aromatic rings. The lowest BCUT2D eigenvalue weighted by molar-refractivity contribution is 0.0776. The Labute approximate surface area is 163 Å². The van der Waals surface area contributed by atoms with Crippen molar-refractivity contribution in [3.63, 3.8) is 0 Å². The average molecular weight is 385 g/mol. The predicted octanol–water partition coefficient (Wildman–Crippen LogP) is 2.79. The molecular formula is C21H24FN3O3. The number of ether oxygens (including phenoxy) is 1. The molecular weight excluding hydrogens is 361 g/mol. The molecule has 1 fully saturated rings. The molecule has 1 aliphatic carbocycles. The molecule has 148 valence electrons. The summed E-state index contributed by atoms with van der Waals surface area (Å²) in [5.74, 6) is -0.157. The van der Waals surface area contributed by atoms with Crippen LogP contribution in [0.3, 0.4) is 0 Å². The monoisotopic (exact) mass is 385 g/mol. The molecule has 1 aromatic heterocycles. The van der Waals surface area contributed by atoms with E-state index in [2.05, 4.69) is 10.6 Å². The largest absolute Gasteiger partial charge is 0.373 e. The van der Waals surface area contributed by atoms with E-state index >= 15 is 0 Å². The minimum Gasteiger partial charge on any atom is -0.373 e. The van der Waals surface area contributed by atoms with Crippen LogP contribution >= 0.6 is 0 Å². The summed E-state index contributed by atoms with van der Waals surface area (Å²) >= 11 is 0. The Balaban J connectivity index is 1.53. The lowest BCUT2D eigenvalue weighted by atomic mass is 10.1. The SMILES string of the molecule is CC(NC(=O)c1cc(C(=O)NCC2CC2)c2n1CCOC2)c1ccc(F)cc1. The first kappa shape index (κ1) is 18.7. The van der Waals surface area contributed by atoms with Crippen molar-refractivity contribution in [2.24, 2.45) is 5.92 Å². The Kier molecular flexibility index (Phi) is 5.17. The Hall–Kier alpha value is -2.67. The minimum absolute atomic E-state index is 0.160. The van der Waals surface area contributed by atoms with Gasteiger partial charge < -0.3 is 19.9 Å². The van der Waals surface area contributed by atoms with Crippen molar-refractivity contribution in [3.05, 3.63) is 58.7 Å². The first-order chi connectivity index (χ1) is 13.5. The minimum atomic E-state index is -0.315. The number of nitrogens with one attached hydrogen (secondary N) is 2. The summed E-state index contributed by atoms with van der Waals surface area (Å²) in [6, 6.07) is 7.41. The molecule has 1 saturated carbocycles. The van der Waals surface area contributed by atoms with Gasteiger partial charge in [0.15, 0.2) is 0 Å². The van der Waals surface area contributed by atoms with Crippen LogP contribution < -0.4 is 10.6 Å². The number of aromatic nitrogens is 1. The predicted molar refractivity (Wildman–Crippen MR) is 101 cm³/mol. The zero-order valence-corrected chi connectivity index (χ0v) is 15.8. The van der Waals surface area contributed by atoms with E-state index in [0.717, 1.165) is 24.1 Å². The quantitative estimate of drug-likeness (QED) is 0.803. The van der Waals surface area contributed by atoms with E-state index < -0.39 is 0 Å². The number of hydrogen-bond acceptors (Lipinski definition) is 3. The number of hydrogen-bond donors (Lipinski definition) is 2. The van der Waals surface area contributed by atoms with Crippen molar-refractivity contribution in [1.82, 2.24) is 15.2 Å². The van der Waals surface area contributed by atoms with Gasteiger partial charge in [-0.15, -0.1) is 0 Å². The van der Waals surface area contributed by atoms with Crippen molar-refractivity contribution < 1.29 is 18.7 Å². The van der Waals surface area contributed by atoms with Gasteiger partial charge in [-0.25, -0.2) is 4.39 Å². The van der Waals surface area contributed by atoms with Crippen LogP contribution in [0.1, 0.15) is 57.9 Å². The van der Waals surface area contributed by atoms with Crippen LogP contribution in [0.5, 0.6) is 0 Å². The highest BCUT2D eigenvalue weighted by molar-refractivity contribution is 6.00. The summed E-state index contributed by atoms with van der Waals surface area (Å²) in [6.45, 7) is 3.86. The molecule has 1 atom stereocenters. The van der Waals surface area contributed by atoms with Gasteiger partial charge in [0.05, 0.1) is 30.5 Å². The highest BCUT2D eigenvalue weighted by Gasteiger charge is 2.28. The van der Waals surface area contributed by atoms with Crippen molar-refractivity contribution in [2.75, 3.05) is 13.2 Å². The van der Waals surface area contributed by atoms with Gasteiger partial charge in [0.1, 0.15) is 11.5 Å². The molecule has 28 heavy (non-hydrogen) atoms. The number of halogens is 1. The number of carbonyl (C=O) groups is 2. The topological polar surface area (TPSA) is 72.4 Å². The molecule has 7 heteroatoms. The molecule has 2 N–H and O–H groups in total. The van der Waals surface area contributed by atoms with Crippen LogP contribution in [-0.4, -0.2) is 29.5 Å². The van der Waals surface area contributed by atoms with Gasteiger partial charge in [-0.2, -0.15) is 0 Å². The summed E-state index contributed by atoms with van der Waals surface area (Å²) in [5.41, 5.74) is 2.49. The average Bonchev–Trinajstić information content (AvgIpc) is 3.44. The summed E-state index contributed by atoms with van der Waals surface area (Å²) < 4.78 is 20.5. The standard InChI is InChI=1S/C21H24FN3O3/c1-13(15-4-6-16(22)7-5-15)24-21(27)18-10-17(19-12-28-9-8-25(18)19)20(26)23-11-14-2-3-14/h4-7,10,13-14H,2-3,8-9,11-12H2,1H3,(H,23,26)(H,24,27). The van der Waals surface area contributed by atoms with Gasteiger partial charge in [0.25, 0.3) is 11.8 Å². The number of rotatable bonds is 6. The third-order valence-corrected chi connectivity index (χ3v) is 5.35. The Morgan fingerprint density at radius 2 is 2.00 bits per heavy atom. The van der Waals surface area contributed by atoms with E-state index in [1.807, 2.05) is 11.5 Å². The van der Waals surface area contributed by atoms with Crippen molar-refractivity contribution >= 4 is 11.8 Å². The maximum absolute atomic E-state index is 13.1. The fourth-order valence-corrected chi connectivity index (χ4v) is 3.47. The van der Waals surface area contributed by atoms with E-state index in [9.17, 15) is 14.0 Å². The van der Waals surface area contributed by atoms with Gasteiger partial charge in [-0.3, -0.25) is 9.59 Å². The molecule has 0 radical (unpaired) electrons. The maximum Gasteiger partial charge on any atom is 0.268 e. The lowest BCUT2D eigenvalue weighted by Crippen LogP contribution is -2.30. The number of nitrogens with zero attached hydrogens (tertiary/aromatic N) is 1. The first-order valence-electron chi connectivity index (χ1n) is 9.67. The number of amides is 2. The fourth-order valence-electron chi connectivity index (χ4n) is 3.47. The van der Waals surface area contributed by atoms with Crippen molar-refractivity contribution in [3.8, 4) is 0 Å². The summed E-state index contributed by atoms with van der Waals surface area (Å²) in [4.78, 5) is 25.5. The second kappa shape index (κ2) is 7.75. The molecule has 6 nitrogen and oxygen atoms in total. The van der Waals surface area contributed by atoms with Gasteiger partial charge in [0, 0.05) is 13.1 Å². The third kappa shape index (κ3) is 3.94. The molecule has 2 heterocycles. The van der Waals surface area contributed by atoms with E-state index in [1.165, 1.54) is 12.1 Å². The Morgan fingerprint density at radius 3 is 2.71 bits per heavy atom. The number of benzene rings is 1. The highest BCUT2D eigenvalue weighted by atomic mass is 19.1. The van der Waals surface area contributed by atoms with Crippen LogP contribution in [0.4, 0.5) is 4.39 Å². The van der Waals surface area contributed by atoms with E-state index in [4.69, 9.17) is 4.74 Å². The molecule has 1 unspecified atom stereocenters. The fraction of sp³-hybridized carbons (Fsp3) is 0.429. The van der Waals surface area contributed by atoms with Crippen molar-refractivity contribution in [2.45, 2.75) is 39.0 Å². The normalized spacial score (nSPS) is 16.9. The van der Waals surface area contributed by atoms with E-state index in [0.29, 0.717) is 43.5 Å². The Bertz CT molecular complexity index is 887. The third-order valence-electron chi connectivity index (χ3n) is 5.35. The molecule has 2 amide bonds. The van der Waals surface area contributed by atoms with E-state index in [-0.39, 0.29) is 23.7 Å². The van der Waals surface area contributed by atoms with Gasteiger partial charge in [-0.1, -0.05) is 12.1 Å². The van der Waals surface area contributed by atoms with Crippen LogP contribution in [-0.2, 0) is 17.9 Å². The van der Waals surface area contributed by atoms with Gasteiger partial charge in [-0.05, 0) is 49.4 Å². The molecule has 0 bridgehead atoms. The number of carbonyl (C=O) groups excluding carboxylic acids is 2. The molecule has 0 spiro atoms. The van der Waals surface area contributed by atoms with Gasteiger partial charge in [0.2, 0.25) is 0 Å². The Morgan fingerprint density at radius 1 is 1.25 bits per heavy atom. The van der Waals surface area contributed by atoms with Crippen LogP contribution in [0.15, 0.2) is 30.3 Å². The molecule has 4 rings (SSSR count). The van der Waals surface area contributed by atoms with E-state index in [1.54, 1.807) is 18.2 Å². The first-order valence-corrected chi connectivity index (χ1v) is 9.67. The van der Waals surface area contributed by atoms with Crippen LogP contribution in [0, 0.1) is 11.7 Å². The van der Waals surface area contributed by atoms with Crippen LogP contribution in [0.25, 0.3) is 0 Å². The second-order valence-electron chi connectivity index (χ2n) is 7.49. The smallest absolute Gasteiger partial charge is 0.268 e.